The van der Waals surface area contributed by atoms with Gasteiger partial charge in [-0.1, -0.05) is 6.58 Å². The Balaban J connectivity index is 3.17. The van der Waals surface area contributed by atoms with Gasteiger partial charge in [0.25, 0.3) is 0 Å². The van der Waals surface area contributed by atoms with Crippen LogP contribution in [0, 0.1) is 0 Å². The van der Waals surface area contributed by atoms with Gasteiger partial charge in [-0.15, -0.1) is 0 Å². The van der Waals surface area contributed by atoms with Crippen LogP contribution in [0.2, 0.25) is 0 Å². The molecule has 0 rings (SSSR count). The number of hydrogen-bond donors (Lipinski definition) is 0. The summed E-state index contributed by atoms with van der Waals surface area (Å²) in [5, 5.41) is 6.53. The predicted molar refractivity (Wildman–Crippen MR) is 28.2 cm³/mol. The topological polar surface area (TPSA) is 24.7 Å². The second-order valence-corrected chi connectivity index (χ2v) is 0.642. The molecule has 2 nitrogen and oxygen atoms in total. The monoisotopic (exact) mass is 82.1 g/mol. The van der Waals surface area contributed by atoms with Crippen molar-refractivity contribution in [2.45, 2.75) is 0 Å². The molecule has 0 aromatic carbocycles. The number of allylic oxidation sites excluding steroid dienone is 1. The molecule has 0 N–H and O–H groups in total. The van der Waals surface area contributed by atoms with Crippen molar-refractivity contribution in [3.8, 4) is 0 Å². The highest BCUT2D eigenvalue weighted by Crippen LogP contribution is 1.59. The van der Waals surface area contributed by atoms with E-state index in [9.17, 15) is 0 Å². The molecule has 2 heteroatoms. The molecule has 0 atom stereocenters. The van der Waals surface area contributed by atoms with E-state index >= 15 is 0 Å². The van der Waals surface area contributed by atoms with E-state index in [2.05, 4.69) is 23.5 Å². The van der Waals surface area contributed by atoms with E-state index in [1.165, 1.54) is 12.3 Å². The van der Waals surface area contributed by atoms with Crippen molar-refractivity contribution in [2.24, 2.45) is 10.2 Å². The smallest absolute Gasteiger partial charge is 0.0489 e. The molecule has 0 radical (unpaired) electrons. The predicted octanol–water partition coefficient (Wildman–Crippen LogP) is 0.859. The quantitative estimate of drug-likeness (QED) is 0.348. The minimum absolute atomic E-state index is 1.47. The Hall–Kier alpha value is -0.920. The van der Waals surface area contributed by atoms with Crippen LogP contribution in [0.15, 0.2) is 22.9 Å². The maximum absolute atomic E-state index is 3.36. The Morgan fingerprint density at radius 1 is 1.50 bits per heavy atom. The van der Waals surface area contributed by atoms with Gasteiger partial charge in [0.15, 0.2) is 0 Å². The van der Waals surface area contributed by atoms with Crippen molar-refractivity contribution in [1.29, 1.82) is 0 Å². The van der Waals surface area contributed by atoms with Crippen molar-refractivity contribution < 1.29 is 0 Å². The fraction of sp³-hybridized carbons (Fsp3) is 0. The Bertz CT molecular complexity index is 63.6. The summed E-state index contributed by atoms with van der Waals surface area (Å²) in [5.41, 5.74) is 0. The van der Waals surface area contributed by atoms with E-state index in [1.54, 1.807) is 0 Å². The van der Waals surface area contributed by atoms with Crippen molar-refractivity contribution >= 4 is 12.9 Å². The zero-order valence-electron chi connectivity index (χ0n) is 3.46. The minimum Gasteiger partial charge on any atom is -0.167 e. The van der Waals surface area contributed by atoms with Crippen molar-refractivity contribution in [1.82, 2.24) is 0 Å². The molecular weight excluding hydrogens is 76.1 g/mol. The van der Waals surface area contributed by atoms with Gasteiger partial charge in [-0.3, -0.25) is 0 Å². The summed E-state index contributed by atoms with van der Waals surface area (Å²) in [7, 11) is 0. The molecule has 0 fully saturated rings. The summed E-state index contributed by atoms with van der Waals surface area (Å²) in [5.74, 6) is 0. The molecule has 0 aliphatic rings. The summed E-state index contributed by atoms with van der Waals surface area (Å²) in [4.78, 5) is 0. The molecule has 0 aliphatic heterocycles. The second kappa shape index (κ2) is 4.08. The first-order valence-electron chi connectivity index (χ1n) is 1.52. The zero-order chi connectivity index (χ0) is 4.83. The Morgan fingerprint density at radius 3 is 2.33 bits per heavy atom. The zero-order valence-corrected chi connectivity index (χ0v) is 3.46. The van der Waals surface area contributed by atoms with Crippen LogP contribution >= 0.6 is 0 Å². The number of nitrogens with zero attached hydrogens (tertiary/aromatic N) is 2. The van der Waals surface area contributed by atoms with Crippen molar-refractivity contribution in [2.75, 3.05) is 0 Å². The molecule has 0 saturated carbocycles. The molecule has 0 aliphatic carbocycles. The standard InChI is InChI=1S/C4H6N2/c1-3-4-6-5-2/h3-4H,1-2H2/b6-4-. The van der Waals surface area contributed by atoms with Gasteiger partial charge in [-0.05, 0) is 6.08 Å². The third-order valence-corrected chi connectivity index (χ3v) is 0.254. The lowest BCUT2D eigenvalue weighted by molar-refractivity contribution is 1.28. The largest absolute Gasteiger partial charge is 0.167 e. The molecule has 0 heterocycles. The summed E-state index contributed by atoms with van der Waals surface area (Å²) < 4.78 is 0. The third kappa shape index (κ3) is 3.08. The van der Waals surface area contributed by atoms with E-state index in [1.807, 2.05) is 0 Å². The van der Waals surface area contributed by atoms with E-state index < -0.39 is 0 Å². The van der Waals surface area contributed by atoms with Gasteiger partial charge in [0.1, 0.15) is 0 Å². The maximum atomic E-state index is 3.36. The first kappa shape index (κ1) is 5.08. The highest BCUT2D eigenvalue weighted by atomic mass is 15.2. The molecular formula is C4H6N2. The highest BCUT2D eigenvalue weighted by molar-refractivity contribution is 5.69. The summed E-state index contributed by atoms with van der Waals surface area (Å²) in [6.07, 6.45) is 3.00. The van der Waals surface area contributed by atoms with Gasteiger partial charge in [0.05, 0.1) is 0 Å². The fourth-order valence-electron chi connectivity index (χ4n) is 0.0943. The van der Waals surface area contributed by atoms with Crippen LogP contribution in [0.25, 0.3) is 0 Å². The molecule has 0 spiro atoms. The van der Waals surface area contributed by atoms with E-state index in [0.717, 1.165) is 0 Å². The van der Waals surface area contributed by atoms with Crippen LogP contribution in [0.3, 0.4) is 0 Å². The summed E-state index contributed by atoms with van der Waals surface area (Å²) >= 11 is 0. The second-order valence-electron chi connectivity index (χ2n) is 0.642. The Labute approximate surface area is 36.9 Å². The van der Waals surface area contributed by atoms with E-state index in [-0.39, 0.29) is 0 Å². The molecule has 6 heavy (non-hydrogen) atoms. The molecule has 0 saturated heterocycles. The van der Waals surface area contributed by atoms with Crippen molar-refractivity contribution in [3.05, 3.63) is 12.7 Å². The molecule has 0 aromatic heterocycles. The van der Waals surface area contributed by atoms with Gasteiger partial charge < -0.3 is 0 Å². The van der Waals surface area contributed by atoms with Crippen LogP contribution in [0.1, 0.15) is 0 Å². The lowest BCUT2D eigenvalue weighted by Gasteiger charge is -1.62. The lowest BCUT2D eigenvalue weighted by Crippen LogP contribution is -1.53. The Morgan fingerprint density at radius 2 is 2.17 bits per heavy atom. The normalized spacial score (nSPS) is 8.67. The number of hydrogen-bond acceptors (Lipinski definition) is 2. The van der Waals surface area contributed by atoms with Crippen molar-refractivity contribution in [3.63, 3.8) is 0 Å². The lowest BCUT2D eigenvalue weighted by atomic mass is 10.7. The van der Waals surface area contributed by atoms with E-state index in [4.69, 9.17) is 0 Å². The summed E-state index contributed by atoms with van der Waals surface area (Å²) in [6, 6.07) is 0. The first-order valence-corrected chi connectivity index (χ1v) is 1.52. The number of rotatable bonds is 2. The molecule has 0 bridgehead atoms. The first-order chi connectivity index (χ1) is 2.91. The molecule has 0 aromatic rings. The van der Waals surface area contributed by atoms with Crippen LogP contribution in [0.4, 0.5) is 0 Å². The minimum atomic E-state index is 1.47. The SMILES string of the molecule is C=C/C=N\N=C. The van der Waals surface area contributed by atoms with Gasteiger partial charge in [0.2, 0.25) is 0 Å². The van der Waals surface area contributed by atoms with Gasteiger partial charge in [-0.25, -0.2) is 0 Å². The van der Waals surface area contributed by atoms with Gasteiger partial charge in [0, 0.05) is 12.9 Å². The average Bonchev–Trinajstić information content (AvgIpc) is 1.61. The summed E-state index contributed by atoms with van der Waals surface area (Å²) in [6.45, 7) is 6.46. The molecule has 32 valence electrons. The Kier molecular flexibility index (Phi) is 3.45. The molecule has 0 amide bonds. The fourth-order valence-corrected chi connectivity index (χ4v) is 0.0943. The highest BCUT2D eigenvalue weighted by Gasteiger charge is 1.47. The van der Waals surface area contributed by atoms with Crippen LogP contribution in [-0.4, -0.2) is 12.9 Å². The average molecular weight is 82.1 g/mol. The van der Waals surface area contributed by atoms with Crippen LogP contribution in [-0.2, 0) is 0 Å². The van der Waals surface area contributed by atoms with E-state index in [0.29, 0.717) is 0 Å². The van der Waals surface area contributed by atoms with Crippen LogP contribution < -0.4 is 0 Å². The maximum Gasteiger partial charge on any atom is 0.0489 e. The van der Waals surface area contributed by atoms with Gasteiger partial charge >= 0.3 is 0 Å². The van der Waals surface area contributed by atoms with Gasteiger partial charge in [-0.2, -0.15) is 10.2 Å². The molecule has 0 unspecified atom stereocenters. The van der Waals surface area contributed by atoms with Crippen LogP contribution in [0.5, 0.6) is 0 Å². The third-order valence-electron chi connectivity index (χ3n) is 0.254.